The van der Waals surface area contributed by atoms with E-state index >= 15 is 0 Å². The van der Waals surface area contributed by atoms with Gasteiger partial charge in [0.05, 0.1) is 116 Å². The number of carbonyl (C=O) groups is 5. The zero-order valence-electron chi connectivity index (χ0n) is 78.2. The Morgan fingerprint density at radius 3 is 0.799 bits per heavy atom. The predicted molar refractivity (Wildman–Crippen MR) is 590 cm³/mol. The molecule has 0 spiro atoms. The maximum atomic E-state index is 13.3. The second kappa shape index (κ2) is 49.0. The zero-order chi connectivity index (χ0) is 99.3. The number of amidine groups is 5. The van der Waals surface area contributed by atoms with Gasteiger partial charge >= 0.3 is 0 Å². The molecule has 712 valence electrons. The fourth-order valence-electron chi connectivity index (χ4n) is 14.8. The van der Waals surface area contributed by atoms with E-state index in [1.165, 1.54) is 58.8 Å². The van der Waals surface area contributed by atoms with Crippen LogP contribution >= 0.6 is 58.8 Å². The summed E-state index contributed by atoms with van der Waals surface area (Å²) in [7, 11) is 6.49. The van der Waals surface area contributed by atoms with Gasteiger partial charge in [-0.05, 0) is 286 Å². The SMILES string of the molecule is COCc1ccc(/C=C2\SC(=Nc3ccccc3)N(c3ccccc3)C2=O)cc1.COc1ccc(/C=C2\SC(=Nc3ccccc3)N(c3ccccc3)C2=O)cc1.COc1ccc(/C=C2\SC(=Nc3ccccc3)N(c3ccccc3)C2=O)cc1OC.O=C1/C(=C/c2ccc(CO)cc2)SC(=Nc2ccccc2)N1c1ccccc1.O=C1/C(=C/c2ccc3c(c2)OCO3)SC(=Nc2ccccc2)N1c1ccccc1. The van der Waals surface area contributed by atoms with Crippen molar-refractivity contribution in [2.45, 2.75) is 13.2 Å². The van der Waals surface area contributed by atoms with Crippen LogP contribution in [0.25, 0.3) is 30.4 Å². The minimum absolute atomic E-state index is 0.000197. The van der Waals surface area contributed by atoms with E-state index in [9.17, 15) is 29.1 Å². The molecule has 5 fully saturated rings. The van der Waals surface area contributed by atoms with Crippen LogP contribution < -0.4 is 48.2 Å². The van der Waals surface area contributed by atoms with E-state index < -0.39 is 0 Å². The van der Waals surface area contributed by atoms with Crippen molar-refractivity contribution >= 4 is 201 Å². The molecule has 6 heterocycles. The summed E-state index contributed by atoms with van der Waals surface area (Å²) >= 11 is 6.84. The first kappa shape index (κ1) is 99.0. The van der Waals surface area contributed by atoms with Crippen molar-refractivity contribution in [3.8, 4) is 28.7 Å². The largest absolute Gasteiger partial charge is 0.497 e. The van der Waals surface area contributed by atoms with Crippen molar-refractivity contribution in [1.82, 2.24) is 0 Å². The molecular weight excluding hydrogens is 1900 g/mol. The molecule has 0 unspecified atom stereocenters. The number of amides is 5. The third-order valence-corrected chi connectivity index (χ3v) is 26.7. The van der Waals surface area contributed by atoms with E-state index in [0.717, 1.165) is 107 Å². The molecule has 0 atom stereocenters. The summed E-state index contributed by atoms with van der Waals surface area (Å²) in [4.78, 5) is 101. The highest BCUT2D eigenvalue weighted by Gasteiger charge is 2.40. The van der Waals surface area contributed by atoms with Gasteiger partial charge in [0.2, 0.25) is 6.79 Å². The highest BCUT2D eigenvalue weighted by molar-refractivity contribution is 8.20. The normalized spacial score (nSPS) is 17.0. The zero-order valence-corrected chi connectivity index (χ0v) is 82.3. The van der Waals surface area contributed by atoms with Gasteiger partial charge < -0.3 is 33.5 Å². The number of aliphatic hydroxyl groups is 1. The molecule has 144 heavy (non-hydrogen) atoms. The van der Waals surface area contributed by atoms with Gasteiger partial charge in [0.15, 0.2) is 48.8 Å². The lowest BCUT2D eigenvalue weighted by atomic mass is 10.1. The van der Waals surface area contributed by atoms with Gasteiger partial charge in [0.25, 0.3) is 29.5 Å². The Bertz CT molecular complexity index is 7220. The van der Waals surface area contributed by atoms with Crippen LogP contribution in [0.2, 0.25) is 0 Å². The molecule has 0 aromatic heterocycles. The van der Waals surface area contributed by atoms with Gasteiger partial charge in [-0.3, -0.25) is 48.5 Å². The Hall–Kier alpha value is -16.6. The number of benzene rings is 15. The van der Waals surface area contributed by atoms with E-state index in [4.69, 9.17) is 53.4 Å². The molecule has 0 aliphatic carbocycles. The summed E-state index contributed by atoms with van der Waals surface area (Å²) in [6.45, 7) is 0.791. The maximum Gasteiger partial charge on any atom is 0.271 e. The number of para-hydroxylation sites is 10. The van der Waals surface area contributed by atoms with Gasteiger partial charge in [0.1, 0.15) is 5.75 Å². The Kier molecular flexibility index (Phi) is 33.7. The third-order valence-electron chi connectivity index (χ3n) is 21.9. The third kappa shape index (κ3) is 25.4. The van der Waals surface area contributed by atoms with E-state index in [-0.39, 0.29) is 42.9 Å². The van der Waals surface area contributed by atoms with Crippen LogP contribution in [-0.2, 0) is 41.9 Å². The summed E-state index contributed by atoms with van der Waals surface area (Å²) in [5, 5.41) is 12.3. The van der Waals surface area contributed by atoms with Crippen LogP contribution in [0.1, 0.15) is 38.9 Å². The van der Waals surface area contributed by atoms with Crippen LogP contribution in [0.15, 0.2) is 462 Å². The number of nitrogens with zero attached hydrogens (tertiary/aromatic N) is 10. The summed E-state index contributed by atoms with van der Waals surface area (Å²) in [6, 6.07) is 130. The smallest absolute Gasteiger partial charge is 0.271 e. The first-order valence-electron chi connectivity index (χ1n) is 45.4. The molecule has 6 aliphatic rings. The summed E-state index contributed by atoms with van der Waals surface area (Å²) in [5.74, 6) is 2.97. The lowest BCUT2D eigenvalue weighted by molar-refractivity contribution is -0.114. The van der Waals surface area contributed by atoms with Crippen LogP contribution in [-0.4, -0.2) is 95.7 Å². The van der Waals surface area contributed by atoms with Crippen LogP contribution in [0.3, 0.4) is 0 Å². The molecule has 5 saturated heterocycles. The fraction of sp³-hybridized carbons (Fsp3) is 0.0598. The number of hydrogen-bond acceptors (Lipinski definition) is 22. The molecule has 0 bridgehead atoms. The predicted octanol–water partition coefficient (Wildman–Crippen LogP) is 26.9. The first-order valence-corrected chi connectivity index (χ1v) is 49.5. The molecule has 22 nitrogen and oxygen atoms in total. The molecule has 0 saturated carbocycles. The number of aliphatic imine (C=N–C) groups is 5. The van der Waals surface area contributed by atoms with Crippen LogP contribution in [0.5, 0.6) is 28.7 Å². The Balaban J connectivity index is 0.000000123. The van der Waals surface area contributed by atoms with Crippen molar-refractivity contribution in [2.75, 3.05) is 59.7 Å². The van der Waals surface area contributed by atoms with E-state index in [2.05, 4.69) is 0 Å². The molecule has 6 aliphatic heterocycles. The number of rotatable bonds is 21. The first-order chi connectivity index (χ1) is 70.7. The second-order valence-corrected chi connectivity index (χ2v) is 36.7. The number of fused-ring (bicyclic) bond motifs is 1. The van der Waals surface area contributed by atoms with Crippen molar-refractivity contribution in [2.24, 2.45) is 25.0 Å². The average Bonchev–Trinajstić information content (AvgIpc) is 1.66. The molecule has 0 radical (unpaired) electrons. The molecule has 15 aromatic rings. The quantitative estimate of drug-likeness (QED) is 0.0658. The van der Waals surface area contributed by atoms with Crippen molar-refractivity contribution in [1.29, 1.82) is 0 Å². The highest BCUT2D eigenvalue weighted by atomic mass is 32.2. The van der Waals surface area contributed by atoms with Gasteiger partial charge in [-0.25, -0.2) is 25.0 Å². The lowest BCUT2D eigenvalue weighted by Crippen LogP contribution is -2.28. The number of thioether (sulfide) groups is 5. The lowest BCUT2D eigenvalue weighted by Gasteiger charge is -2.15. The number of ether oxygens (including phenoxy) is 6. The Morgan fingerprint density at radius 2 is 0.521 bits per heavy atom. The summed E-state index contributed by atoms with van der Waals surface area (Å²) in [5.41, 5.74) is 14.4. The fourth-order valence-corrected chi connectivity index (χ4v) is 19.8. The number of hydrogen-bond donors (Lipinski definition) is 1. The number of methoxy groups -OCH3 is 4. The molecular formula is C117H92N10O12S5. The Morgan fingerprint density at radius 1 is 0.271 bits per heavy atom. The second-order valence-electron chi connectivity index (χ2n) is 31.7. The number of carbonyl (C=O) groups excluding carboxylic acids is 5. The molecule has 1 N–H and O–H groups in total. The van der Waals surface area contributed by atoms with Gasteiger partial charge in [-0.15, -0.1) is 0 Å². The maximum absolute atomic E-state index is 13.3. The standard InChI is InChI=1S/C24H20N2O3S.C24H20N2O2S.C23H16N2O3S.2C23H18N2O2S/c1-28-20-14-13-17(15-21(20)29-2)16-22-23(27)26(19-11-7-4-8-12-19)24(30-22)25-18-9-5-3-6-10-18;1-28-17-19-14-12-18(13-15-19)16-22-23(27)26(21-10-6-3-7-11-21)24(29-22)25-20-8-4-2-5-9-20;26-22-21(14-16-11-12-19-20(13-16)28-15-27-19)29-23(24-17-7-3-1-4-8-17)25(22)18-9-5-2-6-10-18;1-27-20-14-12-17(13-15-20)16-21-22(26)25(19-10-6-3-7-11-19)23(28-21)24-18-8-4-2-5-9-18;26-16-18-13-11-17(12-14-18)15-21-22(27)25(20-9-5-2-6-10-20)23(28-21)24-19-7-3-1-4-8-19/h3-16H,1-2H3;2-16H,17H2,1H3;1-14H,15H2;2-16H,1H3;1-15,26H,16H2/b2*22-16-,25-24?;21-14-,24-23?;21-16-,24-23?;21-15-,24-23?. The van der Waals surface area contributed by atoms with Crippen LogP contribution in [0, 0.1) is 0 Å². The minimum Gasteiger partial charge on any atom is -0.497 e. The summed E-state index contributed by atoms with van der Waals surface area (Å²) in [6.07, 6.45) is 9.36. The van der Waals surface area contributed by atoms with Crippen molar-refractivity contribution in [3.63, 3.8) is 0 Å². The van der Waals surface area contributed by atoms with Gasteiger partial charge in [-0.1, -0.05) is 255 Å². The van der Waals surface area contributed by atoms with Crippen molar-refractivity contribution in [3.05, 3.63) is 476 Å². The Labute approximate surface area is 855 Å². The van der Waals surface area contributed by atoms with E-state index in [1.54, 1.807) is 52.9 Å². The summed E-state index contributed by atoms with van der Waals surface area (Å²) < 4.78 is 31.8. The monoisotopic (exact) mass is 1990 g/mol. The molecule has 15 aromatic carbocycles. The molecule has 27 heteroatoms. The highest BCUT2D eigenvalue weighted by Crippen LogP contribution is 2.45. The van der Waals surface area contributed by atoms with Crippen molar-refractivity contribution < 1.29 is 57.5 Å². The topological polar surface area (TPSA) is 239 Å². The van der Waals surface area contributed by atoms with E-state index in [0.29, 0.717) is 74.2 Å². The minimum atomic E-state index is -0.115. The average molecular weight is 1990 g/mol. The molecule has 21 rings (SSSR count). The van der Waals surface area contributed by atoms with Gasteiger partial charge in [0, 0.05) is 7.11 Å². The van der Waals surface area contributed by atoms with Crippen LogP contribution in [0.4, 0.5) is 56.9 Å². The number of aliphatic hydroxyl groups excluding tert-OH is 1. The number of anilines is 5. The van der Waals surface area contributed by atoms with Gasteiger partial charge in [-0.2, -0.15) is 0 Å². The molecule has 5 amide bonds. The van der Waals surface area contributed by atoms with E-state index in [1.807, 2.05) is 443 Å².